The fourth-order valence-corrected chi connectivity index (χ4v) is 3.84. The third kappa shape index (κ3) is 4.94. The first-order chi connectivity index (χ1) is 16.0. The molecule has 172 valence electrons. The second kappa shape index (κ2) is 9.68. The zero-order valence-corrected chi connectivity index (χ0v) is 19.2. The molecule has 10 nitrogen and oxygen atoms in total. The van der Waals surface area contributed by atoms with Gasteiger partial charge >= 0.3 is 0 Å². The van der Waals surface area contributed by atoms with Crippen LogP contribution in [0.4, 0.5) is 5.69 Å². The molecule has 0 aliphatic rings. The van der Waals surface area contributed by atoms with Gasteiger partial charge in [0, 0.05) is 30.9 Å². The van der Waals surface area contributed by atoms with E-state index in [4.69, 9.17) is 9.47 Å². The number of nitrogens with zero attached hydrogens (tertiary/aromatic N) is 6. The van der Waals surface area contributed by atoms with Crippen molar-refractivity contribution in [1.29, 1.82) is 0 Å². The maximum Gasteiger partial charge on any atom is 0.242 e. The molecule has 0 radical (unpaired) electrons. The number of nitrogens with one attached hydrogen (secondary N) is 1. The molecule has 0 unspecified atom stereocenters. The standard InChI is InChI=1S/C23H27N7O3/c1-15-19(16(2)26-22-21(15)23(32-4)28-29(22)3)8-9-20(31)27-17-6-5-7-18(12-17)33-11-10-30-14-24-13-25-30/h5-7,12-14H,8-11H2,1-4H3,(H,27,31). The van der Waals surface area contributed by atoms with Crippen LogP contribution in [-0.2, 0) is 24.8 Å². The maximum atomic E-state index is 12.6. The van der Waals surface area contributed by atoms with E-state index in [0.29, 0.717) is 43.3 Å². The van der Waals surface area contributed by atoms with Gasteiger partial charge in [0.1, 0.15) is 25.0 Å². The van der Waals surface area contributed by atoms with E-state index in [1.807, 2.05) is 45.2 Å². The van der Waals surface area contributed by atoms with Gasteiger partial charge in [0.2, 0.25) is 11.8 Å². The van der Waals surface area contributed by atoms with Crippen molar-refractivity contribution in [2.45, 2.75) is 33.2 Å². The van der Waals surface area contributed by atoms with Crippen molar-refractivity contribution in [3.63, 3.8) is 0 Å². The van der Waals surface area contributed by atoms with Crippen molar-refractivity contribution < 1.29 is 14.3 Å². The van der Waals surface area contributed by atoms with Crippen LogP contribution in [0.3, 0.4) is 0 Å². The van der Waals surface area contributed by atoms with Gasteiger partial charge in [0.15, 0.2) is 5.65 Å². The molecule has 0 saturated heterocycles. The van der Waals surface area contributed by atoms with E-state index in [1.54, 1.807) is 22.8 Å². The lowest BCUT2D eigenvalue weighted by Gasteiger charge is -2.12. The fraction of sp³-hybridized carbons (Fsp3) is 0.348. The van der Waals surface area contributed by atoms with Crippen molar-refractivity contribution in [2.75, 3.05) is 19.0 Å². The molecule has 1 aromatic carbocycles. The number of aryl methyl sites for hydroxylation is 3. The molecular formula is C23H27N7O3. The lowest BCUT2D eigenvalue weighted by Crippen LogP contribution is -2.14. The van der Waals surface area contributed by atoms with Gasteiger partial charge in [-0.1, -0.05) is 6.07 Å². The number of carbonyl (C=O) groups is 1. The molecule has 3 aromatic heterocycles. The second-order valence-electron chi connectivity index (χ2n) is 7.72. The molecular weight excluding hydrogens is 422 g/mol. The summed E-state index contributed by atoms with van der Waals surface area (Å²) in [6.07, 6.45) is 4.02. The van der Waals surface area contributed by atoms with E-state index in [0.717, 1.165) is 27.9 Å². The third-order valence-electron chi connectivity index (χ3n) is 5.49. The highest BCUT2D eigenvalue weighted by Gasteiger charge is 2.18. The van der Waals surface area contributed by atoms with Crippen molar-refractivity contribution in [1.82, 2.24) is 29.5 Å². The highest BCUT2D eigenvalue weighted by molar-refractivity contribution is 5.91. The van der Waals surface area contributed by atoms with Gasteiger partial charge in [0.05, 0.1) is 19.0 Å². The number of fused-ring (bicyclic) bond motifs is 1. The van der Waals surface area contributed by atoms with E-state index in [-0.39, 0.29) is 5.91 Å². The average molecular weight is 450 g/mol. The molecule has 0 aliphatic carbocycles. The van der Waals surface area contributed by atoms with Gasteiger partial charge in [-0.3, -0.25) is 4.79 Å². The van der Waals surface area contributed by atoms with Gasteiger partial charge < -0.3 is 14.8 Å². The number of hydrogen-bond donors (Lipinski definition) is 1. The molecule has 1 amide bonds. The van der Waals surface area contributed by atoms with E-state index in [9.17, 15) is 4.79 Å². The number of aromatic nitrogens is 6. The number of pyridine rings is 1. The lowest BCUT2D eigenvalue weighted by molar-refractivity contribution is -0.116. The minimum absolute atomic E-state index is 0.0770. The summed E-state index contributed by atoms with van der Waals surface area (Å²) >= 11 is 0. The van der Waals surface area contributed by atoms with Crippen LogP contribution in [-0.4, -0.2) is 49.2 Å². The SMILES string of the molecule is COc1nn(C)c2nc(C)c(CCC(=O)Nc3cccc(OCCn4cncn4)c3)c(C)c12. The van der Waals surface area contributed by atoms with Crippen LogP contribution in [0.15, 0.2) is 36.9 Å². The van der Waals surface area contributed by atoms with Crippen LogP contribution in [0.25, 0.3) is 11.0 Å². The highest BCUT2D eigenvalue weighted by atomic mass is 16.5. The molecule has 3 heterocycles. The first-order valence-corrected chi connectivity index (χ1v) is 10.7. The van der Waals surface area contributed by atoms with Crippen LogP contribution >= 0.6 is 0 Å². The van der Waals surface area contributed by atoms with Gasteiger partial charge in [-0.15, -0.1) is 5.10 Å². The molecule has 0 saturated carbocycles. The van der Waals surface area contributed by atoms with E-state index in [1.165, 1.54) is 6.33 Å². The molecule has 0 spiro atoms. The number of anilines is 1. The quantitative estimate of drug-likeness (QED) is 0.418. The van der Waals surface area contributed by atoms with Crippen LogP contribution in [0, 0.1) is 13.8 Å². The molecule has 0 fully saturated rings. The predicted octanol–water partition coefficient (Wildman–Crippen LogP) is 2.84. The van der Waals surface area contributed by atoms with Crippen LogP contribution < -0.4 is 14.8 Å². The monoisotopic (exact) mass is 449 g/mol. The zero-order valence-electron chi connectivity index (χ0n) is 19.2. The zero-order chi connectivity index (χ0) is 23.4. The lowest BCUT2D eigenvalue weighted by atomic mass is 10.00. The summed E-state index contributed by atoms with van der Waals surface area (Å²) in [5.41, 5.74) is 4.43. The predicted molar refractivity (Wildman–Crippen MR) is 123 cm³/mol. The average Bonchev–Trinajstić information content (AvgIpc) is 3.42. The Hall–Kier alpha value is -3.95. The number of hydrogen-bond acceptors (Lipinski definition) is 7. The van der Waals surface area contributed by atoms with Crippen LogP contribution in [0.2, 0.25) is 0 Å². The topological polar surface area (TPSA) is 109 Å². The Labute approximate surface area is 191 Å². The Balaban J connectivity index is 1.38. The van der Waals surface area contributed by atoms with Gasteiger partial charge in [-0.25, -0.2) is 19.3 Å². The van der Waals surface area contributed by atoms with E-state index in [2.05, 4.69) is 25.5 Å². The number of methoxy groups -OCH3 is 1. The molecule has 10 heteroatoms. The highest BCUT2D eigenvalue weighted by Crippen LogP contribution is 2.30. The van der Waals surface area contributed by atoms with Gasteiger partial charge in [0.25, 0.3) is 0 Å². The largest absolute Gasteiger partial charge is 0.492 e. The summed E-state index contributed by atoms with van der Waals surface area (Å²) in [5, 5.41) is 12.3. The summed E-state index contributed by atoms with van der Waals surface area (Å²) in [6, 6.07) is 7.35. The number of ether oxygens (including phenoxy) is 2. The summed E-state index contributed by atoms with van der Waals surface area (Å²) in [5.74, 6) is 1.15. The second-order valence-corrected chi connectivity index (χ2v) is 7.72. The first-order valence-electron chi connectivity index (χ1n) is 10.7. The molecule has 0 atom stereocenters. The Morgan fingerprint density at radius 2 is 2.09 bits per heavy atom. The summed E-state index contributed by atoms with van der Waals surface area (Å²) < 4.78 is 14.6. The normalized spacial score (nSPS) is 11.0. The van der Waals surface area contributed by atoms with Crippen molar-refractivity contribution >= 4 is 22.6 Å². The number of rotatable bonds is 9. The van der Waals surface area contributed by atoms with Crippen LogP contribution in [0.1, 0.15) is 23.2 Å². The minimum Gasteiger partial charge on any atom is -0.492 e. The minimum atomic E-state index is -0.0770. The molecule has 0 aliphatic heterocycles. The Morgan fingerprint density at radius 1 is 1.24 bits per heavy atom. The first kappa shape index (κ1) is 22.3. The van der Waals surface area contributed by atoms with E-state index >= 15 is 0 Å². The smallest absolute Gasteiger partial charge is 0.242 e. The molecule has 4 aromatic rings. The Kier molecular flexibility index (Phi) is 6.53. The maximum absolute atomic E-state index is 12.6. The van der Waals surface area contributed by atoms with Crippen molar-refractivity contribution in [2.24, 2.45) is 7.05 Å². The summed E-state index contributed by atoms with van der Waals surface area (Å²) in [7, 11) is 3.44. The van der Waals surface area contributed by atoms with Crippen molar-refractivity contribution in [3.8, 4) is 11.6 Å². The molecule has 33 heavy (non-hydrogen) atoms. The summed E-state index contributed by atoms with van der Waals surface area (Å²) in [6.45, 7) is 5.02. The third-order valence-corrected chi connectivity index (χ3v) is 5.49. The van der Waals surface area contributed by atoms with Crippen molar-refractivity contribution in [3.05, 3.63) is 53.7 Å². The Bertz CT molecular complexity index is 1270. The molecule has 4 rings (SSSR count). The number of amides is 1. The van der Waals surface area contributed by atoms with Gasteiger partial charge in [-0.2, -0.15) is 5.10 Å². The van der Waals surface area contributed by atoms with Gasteiger partial charge in [-0.05, 0) is 43.5 Å². The Morgan fingerprint density at radius 3 is 2.85 bits per heavy atom. The molecule has 0 bridgehead atoms. The molecule has 1 N–H and O–H groups in total. The van der Waals surface area contributed by atoms with E-state index < -0.39 is 0 Å². The van der Waals surface area contributed by atoms with Crippen LogP contribution in [0.5, 0.6) is 11.6 Å². The summed E-state index contributed by atoms with van der Waals surface area (Å²) in [4.78, 5) is 21.2. The number of carbonyl (C=O) groups excluding carboxylic acids is 1. The number of benzene rings is 1. The fourth-order valence-electron chi connectivity index (χ4n) is 3.84.